The van der Waals surface area contributed by atoms with Crippen LogP contribution in [0.25, 0.3) is 0 Å². The van der Waals surface area contributed by atoms with Gasteiger partial charge in [0.15, 0.2) is 0 Å². The van der Waals surface area contributed by atoms with Crippen molar-refractivity contribution in [3.8, 4) is 0 Å². The fraction of sp³-hybridized carbons (Fsp3) is 0.778. The van der Waals surface area contributed by atoms with Crippen LogP contribution in [-0.4, -0.2) is 78.3 Å². The molecule has 0 aromatic carbocycles. The third-order valence-corrected chi connectivity index (χ3v) is 5.95. The molecule has 0 bridgehead atoms. The van der Waals surface area contributed by atoms with Gasteiger partial charge in [-0.15, -0.1) is 0 Å². The van der Waals surface area contributed by atoms with E-state index in [1.54, 1.807) is 13.1 Å². The molecule has 0 spiro atoms. The number of rotatable bonds is 16. The third kappa shape index (κ3) is 15.7. The Bertz CT molecular complexity index is 534. The molecule has 0 aliphatic rings. The van der Waals surface area contributed by atoms with E-state index in [1.807, 2.05) is 0 Å². The standard InChI is InChI=1S/C18H33NO7Si2/c1-15(2)18(22)26-14-16(20)13-25-17(21)7-10-19(8-5-11-27(3)23)9-6-12-28(4)24/h16,20H,1,5-14H2,2-4H3. The Morgan fingerprint density at radius 3 is 1.96 bits per heavy atom. The van der Waals surface area contributed by atoms with Crippen molar-refractivity contribution >= 4 is 29.3 Å². The van der Waals surface area contributed by atoms with E-state index in [0.717, 1.165) is 25.9 Å². The van der Waals surface area contributed by atoms with E-state index < -0.39 is 35.4 Å². The highest BCUT2D eigenvalue weighted by molar-refractivity contribution is 6.41. The minimum atomic E-state index is -1.51. The van der Waals surface area contributed by atoms with Crippen molar-refractivity contribution in [1.82, 2.24) is 4.90 Å². The predicted octanol–water partition coefficient (Wildman–Crippen LogP) is 1.59. The van der Waals surface area contributed by atoms with Crippen LogP contribution in [0.2, 0.25) is 25.2 Å². The molecule has 0 amide bonds. The van der Waals surface area contributed by atoms with Gasteiger partial charge in [-0.05, 0) is 58.0 Å². The maximum atomic E-state index is 11.9. The molecule has 0 saturated carbocycles. The van der Waals surface area contributed by atoms with Crippen LogP contribution in [0.1, 0.15) is 26.2 Å². The molecule has 1 N–H and O–H groups in total. The number of ether oxygens (including phenoxy) is 2. The number of aliphatic hydroxyl groups excluding tert-OH is 1. The summed E-state index contributed by atoms with van der Waals surface area (Å²) in [6.45, 7) is 9.80. The number of aliphatic hydroxyl groups is 1. The van der Waals surface area contributed by atoms with Crippen molar-refractivity contribution in [3.63, 3.8) is 0 Å². The average Bonchev–Trinajstić information content (AvgIpc) is 2.61. The van der Waals surface area contributed by atoms with Gasteiger partial charge < -0.3 is 28.4 Å². The van der Waals surface area contributed by atoms with Crippen molar-refractivity contribution < 1.29 is 33.1 Å². The Morgan fingerprint density at radius 1 is 1.00 bits per heavy atom. The van der Waals surface area contributed by atoms with Crippen molar-refractivity contribution in [2.75, 3.05) is 32.8 Å². The fourth-order valence-electron chi connectivity index (χ4n) is 2.29. The molecule has 0 heterocycles. The summed E-state index contributed by atoms with van der Waals surface area (Å²) in [6.07, 6.45) is 0.642. The number of hydrogen-bond acceptors (Lipinski definition) is 8. The monoisotopic (exact) mass is 431 g/mol. The minimum absolute atomic E-state index is 0.154. The first-order valence-electron chi connectivity index (χ1n) is 9.49. The van der Waals surface area contributed by atoms with Crippen molar-refractivity contribution in [2.45, 2.75) is 57.5 Å². The normalized spacial score (nSPS) is 11.8. The predicted molar refractivity (Wildman–Crippen MR) is 107 cm³/mol. The highest BCUT2D eigenvalue weighted by Gasteiger charge is 2.14. The van der Waals surface area contributed by atoms with E-state index in [1.165, 1.54) is 6.92 Å². The molecule has 0 radical (unpaired) electrons. The van der Waals surface area contributed by atoms with Gasteiger partial charge in [-0.2, -0.15) is 0 Å². The Labute approximate surface area is 170 Å². The van der Waals surface area contributed by atoms with E-state index in [4.69, 9.17) is 9.47 Å². The van der Waals surface area contributed by atoms with Crippen LogP contribution in [0, 0.1) is 0 Å². The lowest BCUT2D eigenvalue weighted by Gasteiger charge is -2.21. The topological polar surface area (TPSA) is 110 Å². The smallest absolute Gasteiger partial charge is 0.333 e. The highest BCUT2D eigenvalue weighted by Crippen LogP contribution is 2.04. The number of esters is 2. The van der Waals surface area contributed by atoms with Crippen LogP contribution in [0.5, 0.6) is 0 Å². The average molecular weight is 432 g/mol. The van der Waals surface area contributed by atoms with Crippen LogP contribution >= 0.6 is 0 Å². The summed E-state index contributed by atoms with van der Waals surface area (Å²) >= 11 is 0. The molecular formula is C18H33NO7Si2. The Morgan fingerprint density at radius 2 is 1.50 bits per heavy atom. The minimum Gasteiger partial charge on any atom is -0.463 e. The second kappa shape index (κ2) is 15.5. The van der Waals surface area contributed by atoms with E-state index in [9.17, 15) is 23.6 Å². The molecule has 1 unspecified atom stereocenters. The fourth-order valence-corrected chi connectivity index (χ4v) is 3.60. The lowest BCUT2D eigenvalue weighted by Crippen LogP contribution is -2.30. The van der Waals surface area contributed by atoms with Gasteiger partial charge in [-0.25, -0.2) is 4.79 Å². The summed E-state index contributed by atoms with van der Waals surface area (Å²) in [5.41, 5.74) is 0.228. The highest BCUT2D eigenvalue weighted by atomic mass is 28.3. The van der Waals surface area contributed by atoms with Crippen LogP contribution < -0.4 is 0 Å². The molecule has 0 aromatic rings. The molecule has 10 heteroatoms. The van der Waals surface area contributed by atoms with Crippen LogP contribution in [0.3, 0.4) is 0 Å². The zero-order valence-corrected chi connectivity index (χ0v) is 19.2. The molecule has 0 aliphatic carbocycles. The van der Waals surface area contributed by atoms with Crippen molar-refractivity contribution in [2.24, 2.45) is 0 Å². The second-order valence-corrected chi connectivity index (χ2v) is 10.7. The van der Waals surface area contributed by atoms with Crippen molar-refractivity contribution in [3.05, 3.63) is 12.2 Å². The number of nitrogens with zero attached hydrogens (tertiary/aromatic N) is 1. The molecular weight excluding hydrogens is 398 g/mol. The number of carbonyl (C=O) groups is 2. The Kier molecular flexibility index (Phi) is 14.8. The number of hydrogen-bond donors (Lipinski definition) is 1. The molecule has 0 rings (SSSR count). The summed E-state index contributed by atoms with van der Waals surface area (Å²) in [6, 6.07) is 1.34. The SMILES string of the molecule is C=C(C)C(=O)OCC(O)COC(=O)CCN(CCC[Si](C)=O)CCC[Si](C)=O. The zero-order chi connectivity index (χ0) is 21.5. The van der Waals surface area contributed by atoms with Gasteiger partial charge >= 0.3 is 11.9 Å². The molecule has 0 fully saturated rings. The first kappa shape index (κ1) is 26.6. The molecule has 1 atom stereocenters. The largest absolute Gasteiger partial charge is 0.463 e. The van der Waals surface area contributed by atoms with E-state index in [0.29, 0.717) is 18.6 Å². The maximum absolute atomic E-state index is 11.9. The molecule has 28 heavy (non-hydrogen) atoms. The summed E-state index contributed by atoms with van der Waals surface area (Å²) in [4.78, 5) is 25.2. The molecule has 160 valence electrons. The first-order valence-corrected chi connectivity index (χ1v) is 13.7. The van der Waals surface area contributed by atoms with Crippen LogP contribution in [0.4, 0.5) is 0 Å². The van der Waals surface area contributed by atoms with Gasteiger partial charge in [0.2, 0.25) is 0 Å². The summed E-state index contributed by atoms with van der Waals surface area (Å²) < 4.78 is 32.3. The lowest BCUT2D eigenvalue weighted by molar-refractivity contribution is -0.150. The van der Waals surface area contributed by atoms with Gasteiger partial charge in [0.25, 0.3) is 17.4 Å². The van der Waals surface area contributed by atoms with Crippen LogP contribution in [-0.2, 0) is 28.0 Å². The second-order valence-electron chi connectivity index (χ2n) is 6.92. The summed E-state index contributed by atoms with van der Waals surface area (Å²) in [5.74, 6) is -1.06. The maximum Gasteiger partial charge on any atom is 0.333 e. The van der Waals surface area contributed by atoms with Gasteiger partial charge in [-0.1, -0.05) is 6.58 Å². The quantitative estimate of drug-likeness (QED) is 0.223. The van der Waals surface area contributed by atoms with Gasteiger partial charge in [0.1, 0.15) is 19.3 Å². The van der Waals surface area contributed by atoms with Crippen molar-refractivity contribution in [1.29, 1.82) is 0 Å². The van der Waals surface area contributed by atoms with E-state index >= 15 is 0 Å². The van der Waals surface area contributed by atoms with E-state index in [2.05, 4.69) is 11.5 Å². The Balaban J connectivity index is 4.20. The Hall–Kier alpha value is -1.37. The van der Waals surface area contributed by atoms with Gasteiger partial charge in [-0.3, -0.25) is 4.79 Å². The lowest BCUT2D eigenvalue weighted by atomic mass is 10.3. The molecule has 0 aliphatic heterocycles. The zero-order valence-electron chi connectivity index (χ0n) is 17.2. The third-order valence-electron chi connectivity index (χ3n) is 3.83. The first-order chi connectivity index (χ1) is 13.1. The van der Waals surface area contributed by atoms with E-state index in [-0.39, 0.29) is 25.2 Å². The van der Waals surface area contributed by atoms with Gasteiger partial charge in [0, 0.05) is 12.1 Å². The molecule has 8 nitrogen and oxygen atoms in total. The van der Waals surface area contributed by atoms with Gasteiger partial charge in [0.05, 0.1) is 6.42 Å². The molecule has 0 aromatic heterocycles. The molecule has 0 saturated heterocycles. The van der Waals surface area contributed by atoms with Crippen LogP contribution in [0.15, 0.2) is 12.2 Å². The number of carbonyl (C=O) groups excluding carboxylic acids is 2. The summed E-state index contributed by atoms with van der Waals surface area (Å²) in [5, 5.41) is 9.69. The summed E-state index contributed by atoms with van der Waals surface area (Å²) in [7, 11) is -3.02.